The van der Waals surface area contributed by atoms with Crippen molar-refractivity contribution in [2.24, 2.45) is 0 Å². The number of hydrogen-bond donors (Lipinski definition) is 1. The zero-order valence-electron chi connectivity index (χ0n) is 7.53. The van der Waals surface area contributed by atoms with E-state index in [0.717, 1.165) is 12.1 Å². The van der Waals surface area contributed by atoms with E-state index in [9.17, 15) is 4.79 Å². The number of nitrogens with one attached hydrogen (secondary N) is 1. The predicted molar refractivity (Wildman–Crippen MR) is 54.5 cm³/mol. The van der Waals surface area contributed by atoms with Crippen molar-refractivity contribution in [1.82, 2.24) is 5.43 Å². The fourth-order valence-corrected chi connectivity index (χ4v) is 1.45. The van der Waals surface area contributed by atoms with E-state index < -0.39 is 0 Å². The first-order valence-electron chi connectivity index (χ1n) is 4.40. The van der Waals surface area contributed by atoms with E-state index in [1.54, 1.807) is 4.68 Å². The molecule has 0 spiro atoms. The number of amides is 1. The predicted octanol–water partition coefficient (Wildman–Crippen LogP) is 1.21. The Morgan fingerprint density at radius 1 is 1.36 bits per heavy atom. The summed E-state index contributed by atoms with van der Waals surface area (Å²) in [6, 6.07) is 7.47. The van der Waals surface area contributed by atoms with E-state index in [4.69, 9.17) is 11.6 Å². The molecule has 0 aliphatic carbocycles. The molecule has 4 heteroatoms. The molecule has 1 aromatic rings. The quantitative estimate of drug-likeness (QED) is 0.693. The van der Waals surface area contributed by atoms with Gasteiger partial charge in [0.05, 0.1) is 6.42 Å². The van der Waals surface area contributed by atoms with Crippen molar-refractivity contribution < 1.29 is 9.48 Å². The van der Waals surface area contributed by atoms with E-state index in [1.165, 1.54) is 0 Å². The number of hydrazone groups is 1. The summed E-state index contributed by atoms with van der Waals surface area (Å²) < 4.78 is 1.78. The highest BCUT2D eigenvalue weighted by molar-refractivity contribution is 6.30. The van der Waals surface area contributed by atoms with Crippen LogP contribution in [-0.4, -0.2) is 23.4 Å². The summed E-state index contributed by atoms with van der Waals surface area (Å²) in [6.45, 7) is 0.724. The summed E-state index contributed by atoms with van der Waals surface area (Å²) in [5.41, 5.74) is 3.75. The monoisotopic (exact) mass is 209 g/mol. The number of carbonyl (C=O) groups is 1. The lowest BCUT2D eigenvalue weighted by atomic mass is 10.2. The molecule has 1 N–H and O–H groups in total. The third kappa shape index (κ3) is 2.12. The molecule has 0 atom stereocenters. The Hall–Kier alpha value is -1.35. The zero-order valence-corrected chi connectivity index (χ0v) is 8.29. The van der Waals surface area contributed by atoms with Gasteiger partial charge in [-0.25, -0.2) is 0 Å². The third-order valence-corrected chi connectivity index (χ3v) is 2.27. The zero-order chi connectivity index (χ0) is 9.97. The van der Waals surface area contributed by atoms with Crippen LogP contribution in [0.15, 0.2) is 24.3 Å². The van der Waals surface area contributed by atoms with Gasteiger partial charge in [-0.05, 0) is 24.3 Å². The molecule has 1 aliphatic rings. The second kappa shape index (κ2) is 3.80. The molecule has 1 aliphatic heterocycles. The van der Waals surface area contributed by atoms with Crippen molar-refractivity contribution >= 4 is 23.7 Å². The number of halogens is 1. The van der Waals surface area contributed by atoms with E-state index in [1.807, 2.05) is 30.5 Å². The van der Waals surface area contributed by atoms with Crippen LogP contribution in [0.25, 0.3) is 0 Å². The second-order valence-electron chi connectivity index (χ2n) is 3.16. The van der Waals surface area contributed by atoms with Crippen molar-refractivity contribution in [2.45, 2.75) is 6.42 Å². The van der Waals surface area contributed by atoms with Gasteiger partial charge in [-0.15, -0.1) is 10.1 Å². The summed E-state index contributed by atoms with van der Waals surface area (Å²) in [4.78, 5) is 10.9. The first-order valence-corrected chi connectivity index (χ1v) is 4.78. The Labute approximate surface area is 87.0 Å². The Morgan fingerprint density at radius 2 is 2.07 bits per heavy atom. The van der Waals surface area contributed by atoms with Gasteiger partial charge in [-0.2, -0.15) is 0 Å². The highest BCUT2D eigenvalue weighted by Crippen LogP contribution is 2.08. The molecule has 72 valence electrons. The average molecular weight is 210 g/mol. The van der Waals surface area contributed by atoms with Crippen LogP contribution in [0.5, 0.6) is 0 Å². The molecule has 1 saturated heterocycles. The van der Waals surface area contributed by atoms with Gasteiger partial charge in [0.2, 0.25) is 6.21 Å². The largest absolute Gasteiger partial charge is 0.280 e. The number of rotatable bonds is 1. The molecule has 1 fully saturated rings. The van der Waals surface area contributed by atoms with Crippen LogP contribution in [0.3, 0.4) is 0 Å². The van der Waals surface area contributed by atoms with Gasteiger partial charge in [0.15, 0.2) is 6.54 Å². The SMILES string of the molecule is O=C1CC/[N+](=C\c2ccc(Cl)cc2)N1. The minimum atomic E-state index is 0.0650. The van der Waals surface area contributed by atoms with Crippen LogP contribution >= 0.6 is 11.6 Å². The molecule has 1 amide bonds. The molecule has 0 saturated carbocycles. The highest BCUT2D eigenvalue weighted by Gasteiger charge is 2.20. The maximum atomic E-state index is 10.9. The fraction of sp³-hybridized carbons (Fsp3) is 0.200. The van der Waals surface area contributed by atoms with Gasteiger partial charge >= 0.3 is 0 Å². The molecular formula is C10H10ClN2O+. The fourth-order valence-electron chi connectivity index (χ4n) is 1.32. The molecular weight excluding hydrogens is 200 g/mol. The molecule has 0 bridgehead atoms. The third-order valence-electron chi connectivity index (χ3n) is 2.02. The number of hydrogen-bond acceptors (Lipinski definition) is 1. The van der Waals surface area contributed by atoms with Crippen LogP contribution in [-0.2, 0) is 4.79 Å². The molecule has 2 rings (SSSR count). The van der Waals surface area contributed by atoms with Crippen molar-refractivity contribution in [3.05, 3.63) is 34.9 Å². The average Bonchev–Trinajstić information content (AvgIpc) is 2.56. The van der Waals surface area contributed by atoms with Crippen molar-refractivity contribution in [3.63, 3.8) is 0 Å². The van der Waals surface area contributed by atoms with Gasteiger partial charge in [0.25, 0.3) is 5.91 Å². The minimum absolute atomic E-state index is 0.0650. The summed E-state index contributed by atoms with van der Waals surface area (Å²) in [7, 11) is 0. The van der Waals surface area contributed by atoms with Gasteiger partial charge in [-0.1, -0.05) is 11.6 Å². The molecule has 0 aromatic heterocycles. The smallest absolute Gasteiger partial charge is 0.269 e. The Balaban J connectivity index is 2.17. The van der Waals surface area contributed by atoms with E-state index in [-0.39, 0.29) is 5.91 Å². The highest BCUT2D eigenvalue weighted by atomic mass is 35.5. The van der Waals surface area contributed by atoms with Crippen molar-refractivity contribution in [3.8, 4) is 0 Å². The maximum Gasteiger partial charge on any atom is 0.280 e. The first-order chi connectivity index (χ1) is 6.74. The molecule has 0 radical (unpaired) electrons. The molecule has 3 nitrogen and oxygen atoms in total. The van der Waals surface area contributed by atoms with Gasteiger partial charge < -0.3 is 0 Å². The standard InChI is InChI=1S/C10H9ClN2O/c11-9-3-1-8(2-4-9)7-13-6-5-10(14)12-13/h1-4,7H,5-6H2/p+1/b13-7+. The Bertz CT molecular complexity index is 384. The van der Waals surface area contributed by atoms with Gasteiger partial charge in [-0.3, -0.25) is 4.79 Å². The first kappa shape index (κ1) is 9.21. The topological polar surface area (TPSA) is 32.1 Å². The molecule has 1 aromatic carbocycles. The number of benzene rings is 1. The summed E-state index contributed by atoms with van der Waals surface area (Å²) in [5.74, 6) is 0.0650. The second-order valence-corrected chi connectivity index (χ2v) is 3.60. The lowest BCUT2D eigenvalue weighted by Gasteiger charge is -1.92. The maximum absolute atomic E-state index is 10.9. The summed E-state index contributed by atoms with van der Waals surface area (Å²) >= 11 is 5.75. The Morgan fingerprint density at radius 3 is 2.64 bits per heavy atom. The lowest BCUT2D eigenvalue weighted by Crippen LogP contribution is -2.25. The number of carbonyl (C=O) groups excluding carboxylic acids is 1. The summed E-state index contributed by atoms with van der Waals surface area (Å²) in [5, 5.41) is 0.715. The Kier molecular flexibility index (Phi) is 2.50. The van der Waals surface area contributed by atoms with Crippen LogP contribution < -0.4 is 5.43 Å². The number of nitrogens with zero attached hydrogens (tertiary/aromatic N) is 1. The lowest BCUT2D eigenvalue weighted by molar-refractivity contribution is -0.553. The molecule has 14 heavy (non-hydrogen) atoms. The van der Waals surface area contributed by atoms with E-state index in [2.05, 4.69) is 5.43 Å². The number of hydrazine groups is 1. The van der Waals surface area contributed by atoms with Crippen molar-refractivity contribution in [1.29, 1.82) is 0 Å². The molecule has 0 unspecified atom stereocenters. The summed E-state index contributed by atoms with van der Waals surface area (Å²) in [6.07, 6.45) is 2.45. The van der Waals surface area contributed by atoms with Gasteiger partial charge in [0.1, 0.15) is 0 Å². The van der Waals surface area contributed by atoms with Gasteiger partial charge in [0, 0.05) is 10.6 Å². The normalized spacial score (nSPS) is 18.6. The van der Waals surface area contributed by atoms with E-state index >= 15 is 0 Å². The van der Waals surface area contributed by atoms with E-state index in [0.29, 0.717) is 11.4 Å². The van der Waals surface area contributed by atoms with Crippen LogP contribution in [0.1, 0.15) is 12.0 Å². The van der Waals surface area contributed by atoms with Crippen LogP contribution in [0.2, 0.25) is 5.02 Å². The van der Waals surface area contributed by atoms with Crippen LogP contribution in [0, 0.1) is 0 Å². The van der Waals surface area contributed by atoms with Crippen molar-refractivity contribution in [2.75, 3.05) is 6.54 Å². The molecule has 1 heterocycles. The minimum Gasteiger partial charge on any atom is -0.269 e. The van der Waals surface area contributed by atoms with Crippen LogP contribution in [0.4, 0.5) is 0 Å².